The lowest BCUT2D eigenvalue weighted by Gasteiger charge is -2.32. The molecule has 34 heavy (non-hydrogen) atoms. The van der Waals surface area contributed by atoms with Crippen LogP contribution in [-0.2, 0) is 26.2 Å². The van der Waals surface area contributed by atoms with Crippen LogP contribution in [0.2, 0.25) is 5.02 Å². The van der Waals surface area contributed by atoms with Gasteiger partial charge in [0, 0.05) is 23.7 Å². The standard InChI is InChI=1S/C24H32ClN3O5S/c1-6-17(2)26-24(30)18(3)27(15-19-9-7-10-20(25)13-19)23(29)16-28(34(5,31)32)21-11-8-12-22(14-21)33-4/h7-14,17-18H,6,15-16H2,1-5H3,(H,26,30)/t17-,18-/m1/s1. The molecule has 0 spiro atoms. The Morgan fingerprint density at radius 3 is 2.38 bits per heavy atom. The summed E-state index contributed by atoms with van der Waals surface area (Å²) in [5, 5.41) is 3.38. The molecule has 10 heteroatoms. The Hall–Kier alpha value is -2.78. The minimum Gasteiger partial charge on any atom is -0.497 e. The molecule has 2 amide bonds. The van der Waals surface area contributed by atoms with Crippen LogP contribution in [0.25, 0.3) is 0 Å². The van der Waals surface area contributed by atoms with Gasteiger partial charge in [0.05, 0.1) is 19.1 Å². The Labute approximate surface area is 206 Å². The van der Waals surface area contributed by atoms with E-state index in [9.17, 15) is 18.0 Å². The summed E-state index contributed by atoms with van der Waals surface area (Å²) in [6, 6.07) is 12.5. The molecule has 0 bridgehead atoms. The summed E-state index contributed by atoms with van der Waals surface area (Å²) < 4.78 is 31.4. The zero-order valence-corrected chi connectivity index (χ0v) is 21.7. The van der Waals surface area contributed by atoms with Crippen LogP contribution in [-0.4, -0.2) is 57.1 Å². The number of halogens is 1. The number of hydrogen-bond acceptors (Lipinski definition) is 5. The van der Waals surface area contributed by atoms with E-state index >= 15 is 0 Å². The fourth-order valence-electron chi connectivity index (χ4n) is 3.26. The minimum absolute atomic E-state index is 0.0672. The van der Waals surface area contributed by atoms with E-state index in [1.807, 2.05) is 13.8 Å². The summed E-state index contributed by atoms with van der Waals surface area (Å²) in [6.45, 7) is 5.05. The molecule has 1 N–H and O–H groups in total. The highest BCUT2D eigenvalue weighted by molar-refractivity contribution is 7.92. The molecule has 0 unspecified atom stereocenters. The van der Waals surface area contributed by atoms with E-state index in [0.29, 0.717) is 10.8 Å². The van der Waals surface area contributed by atoms with Gasteiger partial charge in [0.15, 0.2) is 0 Å². The molecular weight excluding hydrogens is 478 g/mol. The number of carbonyl (C=O) groups is 2. The quantitative estimate of drug-likeness (QED) is 0.500. The first-order valence-corrected chi connectivity index (χ1v) is 13.1. The highest BCUT2D eigenvalue weighted by Gasteiger charge is 2.30. The van der Waals surface area contributed by atoms with Gasteiger partial charge in [-0.15, -0.1) is 0 Å². The van der Waals surface area contributed by atoms with Crippen molar-refractivity contribution in [2.24, 2.45) is 0 Å². The largest absolute Gasteiger partial charge is 0.497 e. The van der Waals surface area contributed by atoms with E-state index in [4.69, 9.17) is 16.3 Å². The highest BCUT2D eigenvalue weighted by atomic mass is 35.5. The second-order valence-electron chi connectivity index (χ2n) is 8.12. The predicted octanol–water partition coefficient (Wildman–Crippen LogP) is 3.45. The topological polar surface area (TPSA) is 96.0 Å². The molecule has 2 atom stereocenters. The average molecular weight is 510 g/mol. The summed E-state index contributed by atoms with van der Waals surface area (Å²) in [5.41, 5.74) is 1.01. The van der Waals surface area contributed by atoms with Crippen molar-refractivity contribution in [3.63, 3.8) is 0 Å². The molecule has 0 fully saturated rings. The molecule has 0 aromatic heterocycles. The smallest absolute Gasteiger partial charge is 0.244 e. The van der Waals surface area contributed by atoms with E-state index in [1.54, 1.807) is 49.4 Å². The first-order valence-electron chi connectivity index (χ1n) is 10.9. The Morgan fingerprint density at radius 1 is 1.12 bits per heavy atom. The van der Waals surface area contributed by atoms with Gasteiger partial charge in [-0.1, -0.05) is 36.7 Å². The number of carbonyl (C=O) groups excluding carboxylic acids is 2. The summed E-state index contributed by atoms with van der Waals surface area (Å²) in [4.78, 5) is 27.7. The number of sulfonamides is 1. The van der Waals surface area contributed by atoms with Gasteiger partial charge in [-0.3, -0.25) is 13.9 Å². The first kappa shape index (κ1) is 27.5. The van der Waals surface area contributed by atoms with Gasteiger partial charge >= 0.3 is 0 Å². The Bertz CT molecular complexity index is 1110. The number of hydrogen-bond donors (Lipinski definition) is 1. The van der Waals surface area contributed by atoms with Gasteiger partial charge in [-0.25, -0.2) is 8.42 Å². The third-order valence-corrected chi connectivity index (χ3v) is 6.81. The highest BCUT2D eigenvalue weighted by Crippen LogP contribution is 2.24. The van der Waals surface area contributed by atoms with Crippen LogP contribution in [0.1, 0.15) is 32.8 Å². The zero-order chi connectivity index (χ0) is 25.5. The molecule has 0 aliphatic heterocycles. The first-order chi connectivity index (χ1) is 16.0. The Kier molecular flexibility index (Phi) is 9.76. The van der Waals surface area contributed by atoms with E-state index in [-0.39, 0.29) is 24.2 Å². The second kappa shape index (κ2) is 12.1. The van der Waals surface area contributed by atoms with Gasteiger partial charge < -0.3 is 15.0 Å². The van der Waals surface area contributed by atoms with Crippen LogP contribution >= 0.6 is 11.6 Å². The van der Waals surface area contributed by atoms with E-state index in [1.165, 1.54) is 18.1 Å². The fraction of sp³-hybridized carbons (Fsp3) is 0.417. The molecule has 0 aliphatic rings. The number of anilines is 1. The third-order valence-electron chi connectivity index (χ3n) is 5.43. The lowest BCUT2D eigenvalue weighted by molar-refractivity contribution is -0.139. The van der Waals surface area contributed by atoms with Crippen LogP contribution in [0.5, 0.6) is 5.75 Å². The summed E-state index contributed by atoms with van der Waals surface area (Å²) >= 11 is 6.11. The molecule has 0 saturated heterocycles. The van der Waals surface area contributed by atoms with Crippen LogP contribution in [0.15, 0.2) is 48.5 Å². The van der Waals surface area contributed by atoms with Crippen LogP contribution in [0.3, 0.4) is 0 Å². The molecule has 2 aromatic carbocycles. The number of amides is 2. The van der Waals surface area contributed by atoms with Crippen molar-refractivity contribution < 1.29 is 22.7 Å². The Morgan fingerprint density at radius 2 is 1.79 bits per heavy atom. The minimum atomic E-state index is -3.81. The van der Waals surface area contributed by atoms with Crippen molar-refractivity contribution in [1.82, 2.24) is 10.2 Å². The number of benzene rings is 2. The van der Waals surface area contributed by atoms with Crippen molar-refractivity contribution in [3.8, 4) is 5.75 Å². The second-order valence-corrected chi connectivity index (χ2v) is 10.5. The lowest BCUT2D eigenvalue weighted by Crippen LogP contribution is -2.52. The van der Waals surface area contributed by atoms with Crippen LogP contribution in [0, 0.1) is 0 Å². The summed E-state index contributed by atoms with van der Waals surface area (Å²) in [6.07, 6.45) is 1.76. The maximum atomic E-state index is 13.5. The molecule has 2 rings (SSSR count). The van der Waals surface area contributed by atoms with Gasteiger partial charge in [-0.05, 0) is 50.1 Å². The molecule has 2 aromatic rings. The average Bonchev–Trinajstić information content (AvgIpc) is 2.79. The van der Waals surface area contributed by atoms with Crippen molar-refractivity contribution in [1.29, 1.82) is 0 Å². The van der Waals surface area contributed by atoms with Crippen molar-refractivity contribution >= 4 is 39.1 Å². The molecular formula is C24H32ClN3O5S. The Balaban J connectivity index is 2.40. The van der Waals surface area contributed by atoms with E-state index in [0.717, 1.165) is 22.5 Å². The molecule has 0 saturated carbocycles. The monoisotopic (exact) mass is 509 g/mol. The van der Waals surface area contributed by atoms with Gasteiger partial charge in [-0.2, -0.15) is 0 Å². The molecule has 0 heterocycles. The number of rotatable bonds is 11. The number of nitrogens with zero attached hydrogens (tertiary/aromatic N) is 2. The summed E-state index contributed by atoms with van der Waals surface area (Å²) in [5.74, 6) is -0.396. The number of ether oxygens (including phenoxy) is 1. The zero-order valence-electron chi connectivity index (χ0n) is 20.1. The normalized spacial score (nSPS) is 13.0. The predicted molar refractivity (Wildman–Crippen MR) is 135 cm³/mol. The SMILES string of the molecule is CC[C@@H](C)NC(=O)[C@@H](C)N(Cc1cccc(Cl)c1)C(=O)CN(c1cccc(OC)c1)S(C)(=O)=O. The molecule has 0 aliphatic carbocycles. The maximum Gasteiger partial charge on any atom is 0.244 e. The van der Waals surface area contributed by atoms with E-state index in [2.05, 4.69) is 5.32 Å². The van der Waals surface area contributed by atoms with E-state index < -0.39 is 28.5 Å². The van der Waals surface area contributed by atoms with Crippen molar-refractivity contribution in [3.05, 3.63) is 59.1 Å². The van der Waals surface area contributed by atoms with Gasteiger partial charge in [0.25, 0.3) is 0 Å². The third kappa shape index (κ3) is 7.63. The van der Waals surface area contributed by atoms with Gasteiger partial charge in [0.1, 0.15) is 18.3 Å². The van der Waals surface area contributed by atoms with Crippen molar-refractivity contribution in [2.75, 3.05) is 24.2 Å². The van der Waals surface area contributed by atoms with Gasteiger partial charge in [0.2, 0.25) is 21.8 Å². The molecule has 0 radical (unpaired) electrons. The fourth-order valence-corrected chi connectivity index (χ4v) is 4.31. The maximum absolute atomic E-state index is 13.5. The molecule has 186 valence electrons. The number of methoxy groups -OCH3 is 1. The summed E-state index contributed by atoms with van der Waals surface area (Å²) in [7, 11) is -2.34. The van der Waals surface area contributed by atoms with Crippen LogP contribution < -0.4 is 14.4 Å². The lowest BCUT2D eigenvalue weighted by atomic mass is 10.1. The van der Waals surface area contributed by atoms with Crippen LogP contribution in [0.4, 0.5) is 5.69 Å². The van der Waals surface area contributed by atoms with Crippen molar-refractivity contribution in [2.45, 2.75) is 45.8 Å². The molecule has 8 nitrogen and oxygen atoms in total. The number of nitrogens with one attached hydrogen (secondary N) is 1.